The summed E-state index contributed by atoms with van der Waals surface area (Å²) in [4.78, 5) is 0. The molecule has 0 bridgehead atoms. The van der Waals surface area contributed by atoms with Crippen LogP contribution in [-0.4, -0.2) is 5.16 Å². The van der Waals surface area contributed by atoms with Crippen LogP contribution in [0.25, 0.3) is 0 Å². The highest BCUT2D eigenvalue weighted by Crippen LogP contribution is 2.18. The fraction of sp³-hybridized carbons (Fsp3) is 0.357. The maximum Gasteiger partial charge on any atom is 0.159 e. The molecule has 1 aromatic carbocycles. The number of halogens is 2. The molecule has 19 heavy (non-hydrogen) atoms. The highest BCUT2D eigenvalue weighted by atomic mass is 19.2. The average molecular weight is 266 g/mol. The molecule has 1 aromatic heterocycles. The molecule has 0 amide bonds. The van der Waals surface area contributed by atoms with Crippen molar-refractivity contribution in [3.8, 4) is 0 Å². The van der Waals surface area contributed by atoms with Gasteiger partial charge >= 0.3 is 0 Å². The van der Waals surface area contributed by atoms with Crippen molar-refractivity contribution in [3.63, 3.8) is 0 Å². The predicted molar refractivity (Wildman–Crippen MR) is 67.6 cm³/mol. The number of nitrogens with one attached hydrogen (secondary N) is 1. The van der Waals surface area contributed by atoms with E-state index in [1.54, 1.807) is 6.07 Å². The normalized spacial score (nSPS) is 12.7. The summed E-state index contributed by atoms with van der Waals surface area (Å²) >= 11 is 0. The summed E-state index contributed by atoms with van der Waals surface area (Å²) in [7, 11) is 0. The number of nitrogens with zero attached hydrogens (tertiary/aromatic N) is 1. The number of hydrogen-bond donors (Lipinski definition) is 1. The first-order chi connectivity index (χ1) is 8.99. The summed E-state index contributed by atoms with van der Waals surface area (Å²) in [5.74, 6) is -0.896. The van der Waals surface area contributed by atoms with E-state index in [1.165, 1.54) is 6.07 Å². The molecule has 0 radical (unpaired) electrons. The van der Waals surface area contributed by atoms with Gasteiger partial charge in [0, 0.05) is 18.2 Å². The van der Waals surface area contributed by atoms with E-state index in [1.807, 2.05) is 20.8 Å². The Hall–Kier alpha value is -1.75. The van der Waals surface area contributed by atoms with Crippen LogP contribution in [0.3, 0.4) is 0 Å². The van der Waals surface area contributed by atoms with E-state index in [9.17, 15) is 8.78 Å². The van der Waals surface area contributed by atoms with Crippen LogP contribution >= 0.6 is 0 Å². The summed E-state index contributed by atoms with van der Waals surface area (Å²) in [5.41, 5.74) is 2.53. The lowest BCUT2D eigenvalue weighted by atomic mass is 10.1. The molecular formula is C14H16F2N2O. The summed E-state index contributed by atoms with van der Waals surface area (Å²) in [6.45, 7) is 6.18. The molecule has 1 unspecified atom stereocenters. The molecule has 2 aromatic rings. The first-order valence-electron chi connectivity index (χ1n) is 6.09. The van der Waals surface area contributed by atoms with E-state index < -0.39 is 11.6 Å². The van der Waals surface area contributed by atoms with Crippen molar-refractivity contribution in [1.82, 2.24) is 10.5 Å². The van der Waals surface area contributed by atoms with Crippen molar-refractivity contribution < 1.29 is 13.3 Å². The topological polar surface area (TPSA) is 38.1 Å². The number of rotatable bonds is 4. The van der Waals surface area contributed by atoms with Gasteiger partial charge in [0.15, 0.2) is 11.6 Å². The Morgan fingerprint density at radius 1 is 1.26 bits per heavy atom. The van der Waals surface area contributed by atoms with E-state index in [4.69, 9.17) is 4.52 Å². The molecule has 2 rings (SSSR count). The highest BCUT2D eigenvalue weighted by molar-refractivity contribution is 5.23. The molecule has 0 spiro atoms. The molecule has 0 aliphatic heterocycles. The average Bonchev–Trinajstić information content (AvgIpc) is 2.69. The number of aromatic nitrogens is 1. The first-order valence-corrected chi connectivity index (χ1v) is 6.09. The maximum atomic E-state index is 13.2. The molecule has 0 fully saturated rings. The van der Waals surface area contributed by atoms with E-state index in [2.05, 4.69) is 10.5 Å². The lowest BCUT2D eigenvalue weighted by Gasteiger charge is -2.14. The molecule has 0 saturated heterocycles. The Balaban J connectivity index is 2.05. The fourth-order valence-electron chi connectivity index (χ4n) is 1.91. The third kappa shape index (κ3) is 2.98. The summed E-state index contributed by atoms with van der Waals surface area (Å²) < 4.78 is 31.1. The second kappa shape index (κ2) is 5.48. The van der Waals surface area contributed by atoms with E-state index >= 15 is 0 Å². The standard InChI is InChI=1S/C14H16F2N2O/c1-8(11-4-5-13(15)14(16)6-11)17-7-12-9(2)18-19-10(12)3/h4-6,8,17H,7H2,1-3H3. The van der Waals surface area contributed by atoms with Crippen molar-refractivity contribution in [1.29, 1.82) is 0 Å². The van der Waals surface area contributed by atoms with Crippen molar-refractivity contribution in [2.75, 3.05) is 0 Å². The van der Waals surface area contributed by atoms with Gasteiger partial charge in [0.1, 0.15) is 5.76 Å². The predicted octanol–water partition coefficient (Wildman–Crippen LogP) is 3.42. The van der Waals surface area contributed by atoms with Crippen molar-refractivity contribution in [2.45, 2.75) is 33.4 Å². The second-order valence-corrected chi connectivity index (χ2v) is 4.58. The Labute approximate surface area is 110 Å². The van der Waals surface area contributed by atoms with Crippen LogP contribution in [0.1, 0.15) is 35.5 Å². The van der Waals surface area contributed by atoms with Crippen LogP contribution < -0.4 is 5.32 Å². The fourth-order valence-corrected chi connectivity index (χ4v) is 1.91. The van der Waals surface area contributed by atoms with Gasteiger partial charge in [0.05, 0.1) is 5.69 Å². The van der Waals surface area contributed by atoms with Crippen LogP contribution in [0.2, 0.25) is 0 Å². The molecule has 3 nitrogen and oxygen atoms in total. The SMILES string of the molecule is Cc1noc(C)c1CNC(C)c1ccc(F)c(F)c1. The quantitative estimate of drug-likeness (QED) is 0.921. The maximum absolute atomic E-state index is 13.2. The highest BCUT2D eigenvalue weighted by Gasteiger charge is 2.12. The second-order valence-electron chi connectivity index (χ2n) is 4.58. The largest absolute Gasteiger partial charge is 0.361 e. The van der Waals surface area contributed by atoms with Crippen LogP contribution in [0.5, 0.6) is 0 Å². The van der Waals surface area contributed by atoms with Gasteiger partial charge in [-0.1, -0.05) is 11.2 Å². The molecule has 1 heterocycles. The molecule has 102 valence electrons. The van der Waals surface area contributed by atoms with Crippen molar-refractivity contribution >= 4 is 0 Å². The van der Waals surface area contributed by atoms with Crippen LogP contribution in [0.4, 0.5) is 8.78 Å². The number of aryl methyl sites for hydroxylation is 2. The Kier molecular flexibility index (Phi) is 3.95. The lowest BCUT2D eigenvalue weighted by Crippen LogP contribution is -2.19. The zero-order valence-electron chi connectivity index (χ0n) is 11.1. The molecule has 5 heteroatoms. The number of hydrogen-bond acceptors (Lipinski definition) is 3. The zero-order valence-corrected chi connectivity index (χ0v) is 11.1. The molecule has 0 saturated carbocycles. The van der Waals surface area contributed by atoms with Crippen molar-refractivity contribution in [3.05, 3.63) is 52.4 Å². The first kappa shape index (κ1) is 13.7. The number of benzene rings is 1. The minimum atomic E-state index is -0.832. The molecule has 0 aliphatic rings. The Morgan fingerprint density at radius 2 is 2.00 bits per heavy atom. The van der Waals surface area contributed by atoms with Crippen LogP contribution in [0.15, 0.2) is 22.7 Å². The van der Waals surface area contributed by atoms with Gasteiger partial charge in [0.25, 0.3) is 0 Å². The van der Waals surface area contributed by atoms with Crippen LogP contribution in [-0.2, 0) is 6.54 Å². The Bertz CT molecular complexity index is 561. The molecule has 0 aliphatic carbocycles. The van der Waals surface area contributed by atoms with Gasteiger partial charge in [-0.25, -0.2) is 8.78 Å². The summed E-state index contributed by atoms with van der Waals surface area (Å²) in [6, 6.07) is 3.83. The van der Waals surface area contributed by atoms with Gasteiger partial charge in [-0.15, -0.1) is 0 Å². The summed E-state index contributed by atoms with van der Waals surface area (Å²) in [5, 5.41) is 7.11. The molecule has 1 N–H and O–H groups in total. The summed E-state index contributed by atoms with van der Waals surface area (Å²) in [6.07, 6.45) is 0. The van der Waals surface area contributed by atoms with E-state index in [0.717, 1.165) is 23.1 Å². The smallest absolute Gasteiger partial charge is 0.159 e. The monoisotopic (exact) mass is 266 g/mol. The van der Waals surface area contributed by atoms with Crippen molar-refractivity contribution in [2.24, 2.45) is 0 Å². The van der Waals surface area contributed by atoms with Gasteiger partial charge in [-0.05, 0) is 38.5 Å². The van der Waals surface area contributed by atoms with Gasteiger partial charge < -0.3 is 9.84 Å². The van der Waals surface area contributed by atoms with E-state index in [-0.39, 0.29) is 6.04 Å². The van der Waals surface area contributed by atoms with Gasteiger partial charge in [-0.3, -0.25) is 0 Å². The molecule has 1 atom stereocenters. The molecular weight excluding hydrogens is 250 g/mol. The third-order valence-electron chi connectivity index (χ3n) is 3.21. The van der Waals surface area contributed by atoms with Gasteiger partial charge in [-0.2, -0.15) is 0 Å². The zero-order chi connectivity index (χ0) is 14.0. The van der Waals surface area contributed by atoms with Gasteiger partial charge in [0.2, 0.25) is 0 Å². The lowest BCUT2D eigenvalue weighted by molar-refractivity contribution is 0.391. The Morgan fingerprint density at radius 3 is 2.58 bits per heavy atom. The third-order valence-corrected chi connectivity index (χ3v) is 3.21. The van der Waals surface area contributed by atoms with E-state index in [0.29, 0.717) is 12.1 Å². The van der Waals surface area contributed by atoms with Crippen LogP contribution in [0, 0.1) is 25.5 Å². The minimum Gasteiger partial charge on any atom is -0.361 e. The minimum absolute atomic E-state index is 0.0937.